The van der Waals surface area contributed by atoms with Crippen LogP contribution in [0.5, 0.6) is 0 Å². The van der Waals surface area contributed by atoms with Crippen molar-refractivity contribution in [3.8, 4) is 0 Å². The molecule has 2 atom stereocenters. The molecule has 15 heteroatoms. The smallest absolute Gasteiger partial charge is 0.373 e. The molecule has 0 bridgehead atoms. The number of ketones is 2. The van der Waals surface area contributed by atoms with E-state index in [1.54, 1.807) is 34.9 Å². The Kier molecular flexibility index (Phi) is 13.6. The zero-order chi connectivity index (χ0) is 36.6. The quantitative estimate of drug-likeness (QED) is 0.411. The van der Waals surface area contributed by atoms with Crippen LogP contribution in [0.15, 0.2) is 52.8 Å². The van der Waals surface area contributed by atoms with Crippen LogP contribution in [0.2, 0.25) is 10.0 Å². The van der Waals surface area contributed by atoms with Crippen molar-refractivity contribution in [3.63, 3.8) is 0 Å². The Labute approximate surface area is 298 Å². The molecule has 256 valence electrons. The summed E-state index contributed by atoms with van der Waals surface area (Å²) in [5, 5.41) is 11.7. The third-order valence-corrected chi connectivity index (χ3v) is 10.7. The molecule has 2 aromatic carbocycles. The van der Waals surface area contributed by atoms with Crippen molar-refractivity contribution < 1.29 is 38.7 Å². The van der Waals surface area contributed by atoms with E-state index in [9.17, 15) is 24.3 Å². The van der Waals surface area contributed by atoms with Gasteiger partial charge >= 0.3 is 12.3 Å². The number of amides is 1. The van der Waals surface area contributed by atoms with Crippen LogP contribution in [0.4, 0.5) is 0 Å². The van der Waals surface area contributed by atoms with E-state index in [2.05, 4.69) is 20.1 Å². The Bertz CT molecular complexity index is 2050. The van der Waals surface area contributed by atoms with Crippen molar-refractivity contribution in [2.24, 2.45) is 0 Å². The van der Waals surface area contributed by atoms with Gasteiger partial charge in [0.25, 0.3) is 5.56 Å². The zero-order valence-corrected chi connectivity index (χ0v) is 29.5. The van der Waals surface area contributed by atoms with Crippen LogP contribution in [0.1, 0.15) is 48.9 Å². The highest BCUT2D eigenvalue weighted by Crippen LogP contribution is 2.48. The second-order valence-corrected chi connectivity index (χ2v) is 13.9. The molecule has 49 heavy (non-hydrogen) atoms. The van der Waals surface area contributed by atoms with Crippen LogP contribution in [0.3, 0.4) is 0 Å². The number of carbonyl (C=O) groups excluding carboxylic acids is 7. The molecule has 1 aromatic heterocycles. The largest absolute Gasteiger partial charge is 0.376 e. The predicted molar refractivity (Wildman–Crippen MR) is 183 cm³/mol. The summed E-state index contributed by atoms with van der Waals surface area (Å²) < 4.78 is 2.86. The maximum absolute atomic E-state index is 12.7. The summed E-state index contributed by atoms with van der Waals surface area (Å²) in [6.45, 7) is 12.8. The fourth-order valence-electron chi connectivity index (χ4n) is 5.66. The highest BCUT2D eigenvalue weighted by Gasteiger charge is 2.57. The first kappa shape index (κ1) is 39.3. The lowest BCUT2D eigenvalue weighted by atomic mass is 9.90. The minimum absolute atomic E-state index is 0.0155. The topological polar surface area (TPSA) is 165 Å². The highest BCUT2D eigenvalue weighted by atomic mass is 35.5. The lowest BCUT2D eigenvalue weighted by Crippen LogP contribution is -2.47. The molecule has 0 saturated carbocycles. The fraction of sp³-hybridized carbons (Fsp3) is 0.294. The van der Waals surface area contributed by atoms with Crippen LogP contribution in [0, 0.1) is 0 Å². The van der Waals surface area contributed by atoms with Crippen molar-refractivity contribution >= 4 is 88.2 Å². The monoisotopic (exact) mass is 744 g/mol. The van der Waals surface area contributed by atoms with Gasteiger partial charge in [0, 0.05) is 41.5 Å². The van der Waals surface area contributed by atoms with Gasteiger partial charge in [-0.05, 0) is 59.9 Å². The van der Waals surface area contributed by atoms with E-state index in [0.29, 0.717) is 54.9 Å². The maximum atomic E-state index is 12.7. The molecule has 0 spiro atoms. The first-order chi connectivity index (χ1) is 23.2. The summed E-state index contributed by atoms with van der Waals surface area (Å²) in [6.07, 6.45) is 2.88. The molecule has 3 aromatic rings. The number of Topliss-reactive ketones (excluding diaryl/α,β-unsaturated/α-hetero) is 2. The van der Waals surface area contributed by atoms with Gasteiger partial charge in [-0.2, -0.15) is 19.2 Å². The molecule has 1 saturated heterocycles. The minimum Gasteiger partial charge on any atom is -0.376 e. The number of rotatable bonds is 5. The van der Waals surface area contributed by atoms with Gasteiger partial charge in [0.15, 0.2) is 17.2 Å². The number of thiazole rings is 1. The Morgan fingerprint density at radius 2 is 1.53 bits per heavy atom. The molecule has 6 rings (SSSR count). The van der Waals surface area contributed by atoms with Gasteiger partial charge in [-0.15, -0.1) is 11.3 Å². The molecule has 1 fully saturated rings. The second-order valence-electron chi connectivity index (χ2n) is 10.7. The Morgan fingerprint density at radius 3 is 2.10 bits per heavy atom. The number of nitrogens with zero attached hydrogens (tertiary/aromatic N) is 2. The number of aliphatic hydroxyl groups is 1. The average Bonchev–Trinajstić information content (AvgIpc) is 3.71. The molecule has 1 amide bonds. The molecule has 2 heterocycles. The summed E-state index contributed by atoms with van der Waals surface area (Å²) in [4.78, 5) is 83.9. The first-order valence-corrected chi connectivity index (χ1v) is 17.2. The van der Waals surface area contributed by atoms with Crippen molar-refractivity contribution in [3.05, 3.63) is 99.9 Å². The summed E-state index contributed by atoms with van der Waals surface area (Å²) in [6, 6.07) is 10.4. The van der Waals surface area contributed by atoms with Gasteiger partial charge in [-0.25, -0.2) is 0 Å². The van der Waals surface area contributed by atoms with Gasteiger partial charge in [0.1, 0.15) is 9.78 Å². The van der Waals surface area contributed by atoms with Gasteiger partial charge in [0.05, 0.1) is 9.69 Å². The van der Waals surface area contributed by atoms with Crippen LogP contribution < -0.4 is 14.8 Å². The molecule has 3 aliphatic rings. The van der Waals surface area contributed by atoms with Gasteiger partial charge < -0.3 is 10.0 Å². The number of benzene rings is 2. The minimum atomic E-state index is -1.82. The zero-order valence-electron chi connectivity index (χ0n) is 26.4. The first-order valence-electron chi connectivity index (χ1n) is 14.7. The van der Waals surface area contributed by atoms with Crippen molar-refractivity contribution in [1.29, 1.82) is 0 Å². The summed E-state index contributed by atoms with van der Waals surface area (Å²) >= 11 is 14.5. The van der Waals surface area contributed by atoms with Crippen LogP contribution >= 0.6 is 46.3 Å². The normalized spacial score (nSPS) is 19.8. The van der Waals surface area contributed by atoms with E-state index in [0.717, 1.165) is 41.3 Å². The van der Waals surface area contributed by atoms with E-state index in [1.807, 2.05) is 13.0 Å². The van der Waals surface area contributed by atoms with E-state index in [-0.39, 0.29) is 41.8 Å². The average molecular weight is 746 g/mol. The molecular weight excluding hydrogens is 715 g/mol. The van der Waals surface area contributed by atoms with Crippen molar-refractivity contribution in [1.82, 2.24) is 9.47 Å². The lowest BCUT2D eigenvalue weighted by Gasteiger charge is -2.27. The number of aromatic nitrogens is 1. The number of hydrogen-bond acceptors (Lipinski definition) is 11. The fourth-order valence-corrected chi connectivity index (χ4v) is 8.33. The standard InChI is InChI=1S/C17H16ClNO2S.C15H14ClNO3S.2CO2/c1-3-4-7-19-10(2)22-16(17(19)21)15-13-9-12(18)6-5-11(13)8-14(15)20;1-3-17-8(2)21-13(14(17)19)15(20)11-7-10(16)5-4-9(11)6-12(15)18;2*2-1-3/h5-6,9H,2-4,7-8H2,1H3;4-5,7,13,20H,2-3,6H2,1H3;;/b16-15-;;;. The second kappa shape index (κ2) is 17.0. The van der Waals surface area contributed by atoms with E-state index < -0.39 is 10.9 Å². The summed E-state index contributed by atoms with van der Waals surface area (Å²) in [5.74, 6) is -0.661. The lowest BCUT2D eigenvalue weighted by molar-refractivity contribution is -0.193. The Morgan fingerprint density at radius 1 is 0.939 bits per heavy atom. The number of fused-ring (bicyclic) bond motifs is 2. The van der Waals surface area contributed by atoms with E-state index >= 15 is 0 Å². The summed E-state index contributed by atoms with van der Waals surface area (Å²) in [5.41, 5.74) is 1.46. The third-order valence-electron chi connectivity index (χ3n) is 7.89. The number of halogens is 2. The molecule has 1 aliphatic heterocycles. The number of unbranched alkanes of at least 4 members (excludes halogenated alkanes) is 1. The summed E-state index contributed by atoms with van der Waals surface area (Å²) in [7, 11) is 0. The van der Waals surface area contributed by atoms with Crippen LogP contribution in [0.25, 0.3) is 12.2 Å². The number of thioether (sulfide) groups is 1. The number of carbonyl (C=O) groups is 3. The SMILES string of the molecule is C=C1SC(C2(O)C(=O)Cc3ccc(Cl)cc32)C(=O)N1CC.C=c1s/c(=C2\C(=O)Cc3ccc(Cl)cc32)c(=O)n1CCCC.O=C=O.O=C=O. The highest BCUT2D eigenvalue weighted by molar-refractivity contribution is 8.04. The van der Waals surface area contributed by atoms with Crippen LogP contribution in [-0.2, 0) is 58.5 Å². The van der Waals surface area contributed by atoms with E-state index in [4.69, 9.17) is 42.4 Å². The molecule has 11 nitrogen and oxygen atoms in total. The van der Waals surface area contributed by atoms with Crippen molar-refractivity contribution in [2.45, 2.75) is 56.9 Å². The Hall–Kier alpha value is -4.19. The molecular formula is C34H30Cl2N2O9S2. The van der Waals surface area contributed by atoms with Gasteiger partial charge in [0.2, 0.25) is 5.91 Å². The third kappa shape index (κ3) is 8.01. The maximum Gasteiger partial charge on any atom is 0.373 e. The molecule has 0 radical (unpaired) electrons. The van der Waals surface area contributed by atoms with Crippen molar-refractivity contribution in [2.75, 3.05) is 6.54 Å². The predicted octanol–water partition coefficient (Wildman–Crippen LogP) is 3.02. The molecule has 2 unspecified atom stereocenters. The number of hydrogen-bond donors (Lipinski definition) is 1. The Balaban J connectivity index is 0.000000229. The molecule has 1 N–H and O–H groups in total. The van der Waals surface area contributed by atoms with E-state index in [1.165, 1.54) is 16.2 Å². The van der Waals surface area contributed by atoms with Gasteiger partial charge in [-0.1, -0.05) is 73.6 Å². The van der Waals surface area contributed by atoms with Gasteiger partial charge in [-0.3, -0.25) is 23.7 Å². The van der Waals surface area contributed by atoms with Crippen LogP contribution in [-0.4, -0.2) is 56.1 Å². The molecule has 2 aliphatic carbocycles.